The zero-order valence-corrected chi connectivity index (χ0v) is 21.4. The summed E-state index contributed by atoms with van der Waals surface area (Å²) in [7, 11) is 0. The summed E-state index contributed by atoms with van der Waals surface area (Å²) in [6.07, 6.45) is 7.30. The molecule has 8 nitrogen and oxygen atoms in total. The molecule has 5 rings (SSSR count). The lowest BCUT2D eigenvalue weighted by Gasteiger charge is -2.32. The van der Waals surface area contributed by atoms with Gasteiger partial charge in [0.2, 0.25) is 5.91 Å². The molecule has 9 heteroatoms. The van der Waals surface area contributed by atoms with Gasteiger partial charge >= 0.3 is 0 Å². The predicted molar refractivity (Wildman–Crippen MR) is 143 cm³/mol. The van der Waals surface area contributed by atoms with E-state index in [9.17, 15) is 14.0 Å². The topological polar surface area (TPSA) is 106 Å². The molecule has 0 bridgehead atoms. The highest BCUT2D eigenvalue weighted by Gasteiger charge is 2.29. The van der Waals surface area contributed by atoms with E-state index in [1.807, 2.05) is 37.1 Å². The van der Waals surface area contributed by atoms with Gasteiger partial charge in [-0.25, -0.2) is 13.9 Å². The average Bonchev–Trinajstić information content (AvgIpc) is 3.50. The van der Waals surface area contributed by atoms with Crippen LogP contribution in [-0.4, -0.2) is 44.4 Å². The lowest BCUT2D eigenvalue weighted by Crippen LogP contribution is -2.40. The molecule has 3 heterocycles. The predicted octanol–water partition coefficient (Wildman–Crippen LogP) is 5.28. The first-order valence-corrected chi connectivity index (χ1v) is 12.7. The Morgan fingerprint density at radius 1 is 1.16 bits per heavy atom. The molecule has 2 aromatic carbocycles. The van der Waals surface area contributed by atoms with E-state index >= 15 is 0 Å². The first kappa shape index (κ1) is 25.3. The van der Waals surface area contributed by atoms with E-state index in [1.54, 1.807) is 47.0 Å². The summed E-state index contributed by atoms with van der Waals surface area (Å²) in [6.45, 7) is 5.17. The van der Waals surface area contributed by atoms with Crippen LogP contribution in [0.5, 0.6) is 11.5 Å². The number of piperidine rings is 1. The molecule has 2 amide bonds. The van der Waals surface area contributed by atoms with Crippen LogP contribution in [0.1, 0.15) is 48.7 Å². The number of para-hydroxylation sites is 1. The molecule has 2 aromatic heterocycles. The number of amides is 2. The Bertz CT molecular complexity index is 1500. The van der Waals surface area contributed by atoms with Gasteiger partial charge < -0.3 is 15.4 Å². The van der Waals surface area contributed by atoms with Crippen molar-refractivity contribution in [3.8, 4) is 22.8 Å². The van der Waals surface area contributed by atoms with Crippen molar-refractivity contribution in [2.45, 2.75) is 32.6 Å². The van der Waals surface area contributed by atoms with E-state index in [2.05, 4.69) is 5.10 Å². The summed E-state index contributed by atoms with van der Waals surface area (Å²) in [4.78, 5) is 31.9. The lowest BCUT2D eigenvalue weighted by atomic mass is 9.90. The highest BCUT2D eigenvalue weighted by atomic mass is 19.1. The number of hydrogen-bond acceptors (Lipinski definition) is 4. The smallest absolute Gasteiger partial charge is 0.269 e. The minimum Gasteiger partial charge on any atom is -0.454 e. The van der Waals surface area contributed by atoms with Gasteiger partial charge in [0.05, 0.1) is 5.92 Å². The second kappa shape index (κ2) is 10.5. The molecule has 1 unspecified atom stereocenters. The fourth-order valence-electron chi connectivity index (χ4n) is 5.07. The number of nitrogens with two attached hydrogens (primary N) is 1. The Morgan fingerprint density at radius 3 is 2.53 bits per heavy atom. The van der Waals surface area contributed by atoms with Crippen LogP contribution in [0.25, 0.3) is 16.9 Å². The van der Waals surface area contributed by atoms with E-state index in [4.69, 9.17) is 15.5 Å². The minimum atomic E-state index is -0.606. The van der Waals surface area contributed by atoms with Gasteiger partial charge in [0.25, 0.3) is 5.91 Å². The first-order chi connectivity index (χ1) is 18.4. The summed E-state index contributed by atoms with van der Waals surface area (Å²) >= 11 is 0. The number of likely N-dealkylation sites (tertiary alicyclic amines) is 1. The molecule has 196 valence electrons. The fourth-order valence-corrected chi connectivity index (χ4v) is 5.07. The standard InChI is InChI=1S/C29H30FN5O3/c1-3-6-18(2)29(37)34-15-13-19(14-16-34)22-17-32-35-26(27(31)36)25(33-28(22)35)20-9-11-21(12-10-20)38-24-8-5-4-7-23(24)30/h3-12,17-19,32H,13-16H2,1-2H3,(H2,31,36)/b6-3+. The van der Waals surface area contributed by atoms with E-state index in [0.717, 1.165) is 18.4 Å². The number of nitrogens with zero attached hydrogens (tertiary/aromatic N) is 3. The van der Waals surface area contributed by atoms with Crippen molar-refractivity contribution in [1.29, 1.82) is 0 Å². The fraction of sp³-hybridized carbons (Fsp3) is 0.276. The Labute approximate surface area is 219 Å². The molecule has 0 saturated carbocycles. The number of benzene rings is 2. The van der Waals surface area contributed by atoms with Crippen molar-refractivity contribution >= 4 is 17.5 Å². The van der Waals surface area contributed by atoms with Crippen molar-refractivity contribution in [1.82, 2.24) is 19.5 Å². The third-order valence-corrected chi connectivity index (χ3v) is 7.03. The number of fused-ring (bicyclic) bond motifs is 1. The summed E-state index contributed by atoms with van der Waals surface area (Å²) in [6, 6.07) is 13.1. The van der Waals surface area contributed by atoms with Crippen LogP contribution in [0.4, 0.5) is 4.39 Å². The molecule has 1 saturated heterocycles. The van der Waals surface area contributed by atoms with Crippen LogP contribution in [0, 0.1) is 11.7 Å². The van der Waals surface area contributed by atoms with Crippen molar-refractivity contribution in [2.75, 3.05) is 13.1 Å². The van der Waals surface area contributed by atoms with E-state index < -0.39 is 11.7 Å². The maximum atomic E-state index is 13.9. The van der Waals surface area contributed by atoms with E-state index in [-0.39, 0.29) is 29.2 Å². The largest absolute Gasteiger partial charge is 0.454 e. The van der Waals surface area contributed by atoms with Gasteiger partial charge in [0.15, 0.2) is 22.9 Å². The Morgan fingerprint density at radius 2 is 1.87 bits per heavy atom. The number of aromatic nitrogens is 3. The highest BCUT2D eigenvalue weighted by molar-refractivity contribution is 5.98. The van der Waals surface area contributed by atoms with Crippen molar-refractivity contribution < 1.29 is 18.7 Å². The van der Waals surface area contributed by atoms with E-state index in [0.29, 0.717) is 35.7 Å². The third-order valence-electron chi connectivity index (χ3n) is 7.03. The third kappa shape index (κ3) is 4.79. The normalized spacial score (nSPS) is 15.3. The average molecular weight is 516 g/mol. The van der Waals surface area contributed by atoms with Crippen LogP contribution in [0.2, 0.25) is 0 Å². The molecule has 1 atom stereocenters. The molecule has 1 fully saturated rings. The molecule has 1 aliphatic rings. The van der Waals surface area contributed by atoms with Crippen LogP contribution in [0.3, 0.4) is 0 Å². The number of carbonyl (C=O) groups excluding carboxylic acids is 2. The number of ether oxygens (including phenoxy) is 1. The number of H-pyrrole nitrogens is 1. The van der Waals surface area contributed by atoms with Crippen LogP contribution >= 0.6 is 0 Å². The maximum Gasteiger partial charge on any atom is 0.269 e. The second-order valence-corrected chi connectivity index (χ2v) is 9.53. The number of aromatic amines is 1. The summed E-state index contributed by atoms with van der Waals surface area (Å²) in [5.41, 5.74) is 8.79. The van der Waals surface area contributed by atoms with Crippen LogP contribution < -0.4 is 10.5 Å². The number of halogens is 1. The molecule has 3 N–H and O–H groups in total. The van der Waals surface area contributed by atoms with Gasteiger partial charge in [-0.3, -0.25) is 14.7 Å². The van der Waals surface area contributed by atoms with Crippen LogP contribution in [-0.2, 0) is 4.79 Å². The Hall–Kier alpha value is -4.40. The second-order valence-electron chi connectivity index (χ2n) is 9.53. The summed E-state index contributed by atoms with van der Waals surface area (Å²) in [5, 5.41) is 3.14. The molecular weight excluding hydrogens is 485 g/mol. The first-order valence-electron chi connectivity index (χ1n) is 12.7. The molecule has 0 aliphatic carbocycles. The molecule has 38 heavy (non-hydrogen) atoms. The van der Waals surface area contributed by atoms with Crippen molar-refractivity contribution in [3.05, 3.63) is 84.0 Å². The zero-order chi connectivity index (χ0) is 26.8. The number of hydrogen-bond donors (Lipinski definition) is 2. The van der Waals surface area contributed by atoms with Crippen molar-refractivity contribution in [3.63, 3.8) is 0 Å². The number of nitrogens with one attached hydrogen (secondary N) is 1. The SMILES string of the molecule is C/C=C/C(C)C(=O)N1CCC(c2c[nH]n3c(C(N)=O)c(-c4ccc(Oc5ccccc5F)cc4)nc23)CC1. The van der Waals surface area contributed by atoms with Crippen molar-refractivity contribution in [2.24, 2.45) is 11.7 Å². The lowest BCUT2D eigenvalue weighted by molar-refractivity contribution is -0.134. The number of carbonyl (C=O) groups is 2. The quantitative estimate of drug-likeness (QED) is 0.327. The number of imidazole rings is 1. The monoisotopic (exact) mass is 515 g/mol. The number of rotatable bonds is 7. The molecule has 0 radical (unpaired) electrons. The summed E-state index contributed by atoms with van der Waals surface area (Å²) < 4.78 is 21.2. The molecule has 1 aliphatic heterocycles. The minimum absolute atomic E-state index is 0.127. The van der Waals surface area contributed by atoms with Gasteiger partial charge in [-0.1, -0.05) is 31.2 Å². The molecule has 0 spiro atoms. The number of allylic oxidation sites excluding steroid dienone is 1. The van der Waals surface area contributed by atoms with Gasteiger partial charge in [0.1, 0.15) is 11.4 Å². The van der Waals surface area contributed by atoms with Gasteiger partial charge in [-0.05, 0) is 62.1 Å². The Kier molecular flexibility index (Phi) is 7.00. The number of primary amides is 1. The van der Waals surface area contributed by atoms with Gasteiger partial charge in [0, 0.05) is 30.4 Å². The van der Waals surface area contributed by atoms with Crippen LogP contribution in [0.15, 0.2) is 66.9 Å². The Balaban J connectivity index is 1.38. The zero-order valence-electron chi connectivity index (χ0n) is 21.4. The molecule has 4 aromatic rings. The highest BCUT2D eigenvalue weighted by Crippen LogP contribution is 2.34. The van der Waals surface area contributed by atoms with Gasteiger partial charge in [-0.15, -0.1) is 0 Å². The molecular formula is C29H30FN5O3. The summed E-state index contributed by atoms with van der Waals surface area (Å²) in [5.74, 6) is -0.277. The van der Waals surface area contributed by atoms with E-state index in [1.165, 1.54) is 6.07 Å². The maximum absolute atomic E-state index is 13.9. The van der Waals surface area contributed by atoms with Gasteiger partial charge in [-0.2, -0.15) is 0 Å².